The summed E-state index contributed by atoms with van der Waals surface area (Å²) in [6.45, 7) is 2.48. The third-order valence-electron chi connectivity index (χ3n) is 4.03. The van der Waals surface area contributed by atoms with Crippen molar-refractivity contribution in [1.82, 2.24) is 5.32 Å². The number of amides is 2. The molecular formula is C22H22N2O3S. The molecule has 0 unspecified atom stereocenters. The Balaban J connectivity index is 1.42. The van der Waals surface area contributed by atoms with Crippen molar-refractivity contribution in [1.29, 1.82) is 0 Å². The van der Waals surface area contributed by atoms with E-state index in [1.807, 2.05) is 60.8 Å². The summed E-state index contributed by atoms with van der Waals surface area (Å²) in [6, 6.07) is 18.7. The molecule has 144 valence electrons. The van der Waals surface area contributed by atoms with Gasteiger partial charge in [0.15, 0.2) is 6.61 Å². The summed E-state index contributed by atoms with van der Waals surface area (Å²) in [6.07, 6.45) is 0.302. The van der Waals surface area contributed by atoms with Crippen LogP contribution in [0.2, 0.25) is 0 Å². The van der Waals surface area contributed by atoms with Gasteiger partial charge in [0.1, 0.15) is 5.75 Å². The van der Waals surface area contributed by atoms with Crippen LogP contribution < -0.4 is 15.4 Å². The van der Waals surface area contributed by atoms with Crippen LogP contribution in [0.5, 0.6) is 5.75 Å². The van der Waals surface area contributed by atoms with Crippen molar-refractivity contribution in [2.24, 2.45) is 0 Å². The molecule has 0 saturated carbocycles. The van der Waals surface area contributed by atoms with Gasteiger partial charge < -0.3 is 15.4 Å². The SMILES string of the molecule is Cc1ccc(OCC(=O)Nc2ccc(CC(=O)NCc3cccs3)cc2)cc1. The zero-order valence-electron chi connectivity index (χ0n) is 15.6. The summed E-state index contributed by atoms with van der Waals surface area (Å²) in [7, 11) is 0. The van der Waals surface area contributed by atoms with E-state index in [1.54, 1.807) is 23.5 Å². The van der Waals surface area contributed by atoms with Crippen LogP contribution in [0.4, 0.5) is 5.69 Å². The summed E-state index contributed by atoms with van der Waals surface area (Å²) in [5.41, 5.74) is 2.69. The monoisotopic (exact) mass is 394 g/mol. The fourth-order valence-corrected chi connectivity index (χ4v) is 3.18. The van der Waals surface area contributed by atoms with Crippen LogP contribution in [-0.4, -0.2) is 18.4 Å². The third-order valence-corrected chi connectivity index (χ3v) is 4.91. The first kappa shape index (κ1) is 19.6. The van der Waals surface area contributed by atoms with Crippen LogP contribution in [0.1, 0.15) is 16.0 Å². The van der Waals surface area contributed by atoms with Gasteiger partial charge in [0, 0.05) is 10.6 Å². The minimum absolute atomic E-state index is 0.0308. The Morgan fingerprint density at radius 3 is 2.39 bits per heavy atom. The Morgan fingerprint density at radius 2 is 1.71 bits per heavy atom. The predicted molar refractivity (Wildman–Crippen MR) is 112 cm³/mol. The molecule has 0 aliphatic heterocycles. The number of anilines is 1. The van der Waals surface area contributed by atoms with Crippen molar-refractivity contribution in [3.05, 3.63) is 82.0 Å². The smallest absolute Gasteiger partial charge is 0.262 e. The van der Waals surface area contributed by atoms with Crippen molar-refractivity contribution >= 4 is 28.8 Å². The highest BCUT2D eigenvalue weighted by Crippen LogP contribution is 2.13. The average molecular weight is 394 g/mol. The molecule has 3 rings (SSSR count). The van der Waals surface area contributed by atoms with E-state index in [0.29, 0.717) is 24.4 Å². The number of hydrogen-bond donors (Lipinski definition) is 2. The molecule has 0 atom stereocenters. The molecule has 0 fully saturated rings. The first-order chi connectivity index (χ1) is 13.6. The van der Waals surface area contributed by atoms with Gasteiger partial charge in [-0.25, -0.2) is 0 Å². The maximum atomic E-state index is 12.0. The van der Waals surface area contributed by atoms with E-state index in [1.165, 1.54) is 0 Å². The largest absolute Gasteiger partial charge is 0.484 e. The van der Waals surface area contributed by atoms with E-state index in [4.69, 9.17) is 4.74 Å². The Labute approximate surface area is 168 Å². The molecule has 0 aliphatic rings. The van der Waals surface area contributed by atoms with Gasteiger partial charge in [-0.2, -0.15) is 0 Å². The second-order valence-corrected chi connectivity index (χ2v) is 7.41. The number of carbonyl (C=O) groups excluding carboxylic acids is 2. The molecular weight excluding hydrogens is 372 g/mol. The van der Waals surface area contributed by atoms with Gasteiger partial charge >= 0.3 is 0 Å². The fraction of sp³-hybridized carbons (Fsp3) is 0.182. The highest BCUT2D eigenvalue weighted by molar-refractivity contribution is 7.09. The average Bonchev–Trinajstić information content (AvgIpc) is 3.21. The maximum absolute atomic E-state index is 12.0. The second kappa shape index (κ2) is 9.71. The lowest BCUT2D eigenvalue weighted by Gasteiger charge is -2.09. The Hall–Kier alpha value is -3.12. The van der Waals surface area contributed by atoms with Crippen LogP contribution in [-0.2, 0) is 22.6 Å². The summed E-state index contributed by atoms with van der Waals surface area (Å²) in [4.78, 5) is 25.2. The minimum atomic E-state index is -0.234. The summed E-state index contributed by atoms with van der Waals surface area (Å²) in [5.74, 6) is 0.392. The van der Waals surface area contributed by atoms with E-state index >= 15 is 0 Å². The van der Waals surface area contributed by atoms with Gasteiger partial charge in [0.2, 0.25) is 5.91 Å². The van der Waals surface area contributed by atoms with Crippen LogP contribution >= 0.6 is 11.3 Å². The van der Waals surface area contributed by atoms with Gasteiger partial charge in [-0.15, -0.1) is 11.3 Å². The standard InChI is InChI=1S/C22H22N2O3S/c1-16-4-10-19(11-5-16)27-15-22(26)24-18-8-6-17(7-9-18)13-21(25)23-14-20-3-2-12-28-20/h2-12H,13-15H2,1H3,(H,23,25)(H,24,26). The maximum Gasteiger partial charge on any atom is 0.262 e. The molecule has 1 heterocycles. The molecule has 2 amide bonds. The van der Waals surface area contributed by atoms with E-state index in [-0.39, 0.29) is 18.4 Å². The number of hydrogen-bond acceptors (Lipinski definition) is 4. The Morgan fingerprint density at radius 1 is 0.964 bits per heavy atom. The second-order valence-electron chi connectivity index (χ2n) is 6.38. The van der Waals surface area contributed by atoms with Gasteiger partial charge in [0.05, 0.1) is 13.0 Å². The zero-order chi connectivity index (χ0) is 19.8. The molecule has 0 spiro atoms. The molecule has 2 aromatic carbocycles. The van der Waals surface area contributed by atoms with Crippen molar-refractivity contribution in [3.8, 4) is 5.75 Å². The van der Waals surface area contributed by atoms with Crippen molar-refractivity contribution < 1.29 is 14.3 Å². The molecule has 0 radical (unpaired) electrons. The fourth-order valence-electron chi connectivity index (χ4n) is 2.53. The third kappa shape index (κ3) is 6.25. The Bertz CT molecular complexity index is 904. The normalized spacial score (nSPS) is 10.3. The quantitative estimate of drug-likeness (QED) is 0.608. The molecule has 1 aromatic heterocycles. The van der Waals surface area contributed by atoms with E-state index < -0.39 is 0 Å². The van der Waals surface area contributed by atoms with E-state index in [9.17, 15) is 9.59 Å². The van der Waals surface area contributed by atoms with Crippen LogP contribution in [0.3, 0.4) is 0 Å². The molecule has 6 heteroatoms. The lowest BCUT2D eigenvalue weighted by molar-refractivity contribution is -0.120. The number of thiophene rings is 1. The summed E-state index contributed by atoms with van der Waals surface area (Å²) in [5, 5.41) is 7.67. The van der Waals surface area contributed by atoms with Gasteiger partial charge in [0.25, 0.3) is 5.91 Å². The summed E-state index contributed by atoms with van der Waals surface area (Å²) < 4.78 is 5.46. The van der Waals surface area contributed by atoms with Gasteiger partial charge in [-0.05, 0) is 48.2 Å². The molecule has 2 N–H and O–H groups in total. The number of carbonyl (C=O) groups is 2. The van der Waals surface area contributed by atoms with Crippen molar-refractivity contribution in [2.75, 3.05) is 11.9 Å². The predicted octanol–water partition coefficient (Wildman–Crippen LogP) is 3.93. The first-order valence-corrected chi connectivity index (χ1v) is 9.84. The molecule has 0 saturated heterocycles. The first-order valence-electron chi connectivity index (χ1n) is 8.96. The summed E-state index contributed by atoms with van der Waals surface area (Å²) >= 11 is 1.62. The number of rotatable bonds is 8. The molecule has 28 heavy (non-hydrogen) atoms. The molecule has 0 aliphatic carbocycles. The number of ether oxygens (including phenoxy) is 1. The number of nitrogens with one attached hydrogen (secondary N) is 2. The lowest BCUT2D eigenvalue weighted by Crippen LogP contribution is -2.24. The number of aryl methyl sites for hydroxylation is 1. The van der Waals surface area contributed by atoms with Crippen molar-refractivity contribution in [3.63, 3.8) is 0 Å². The van der Waals surface area contributed by atoms with E-state index in [0.717, 1.165) is 16.0 Å². The van der Waals surface area contributed by atoms with E-state index in [2.05, 4.69) is 10.6 Å². The van der Waals surface area contributed by atoms with Crippen LogP contribution in [0.15, 0.2) is 66.0 Å². The molecule has 0 bridgehead atoms. The molecule has 3 aromatic rings. The van der Waals surface area contributed by atoms with Gasteiger partial charge in [-0.1, -0.05) is 35.9 Å². The highest BCUT2D eigenvalue weighted by atomic mass is 32.1. The lowest BCUT2D eigenvalue weighted by atomic mass is 10.1. The van der Waals surface area contributed by atoms with Crippen LogP contribution in [0, 0.1) is 6.92 Å². The Kier molecular flexibility index (Phi) is 6.81. The van der Waals surface area contributed by atoms with Crippen molar-refractivity contribution in [2.45, 2.75) is 19.9 Å². The number of benzene rings is 2. The van der Waals surface area contributed by atoms with Crippen LogP contribution in [0.25, 0.3) is 0 Å². The zero-order valence-corrected chi connectivity index (χ0v) is 16.4. The highest BCUT2D eigenvalue weighted by Gasteiger charge is 2.06. The molecule has 5 nitrogen and oxygen atoms in total. The topological polar surface area (TPSA) is 67.4 Å². The minimum Gasteiger partial charge on any atom is -0.484 e. The van der Waals surface area contributed by atoms with Gasteiger partial charge in [-0.3, -0.25) is 9.59 Å².